The molecule has 0 atom stereocenters. The summed E-state index contributed by atoms with van der Waals surface area (Å²) < 4.78 is 13.3. The van der Waals surface area contributed by atoms with Gasteiger partial charge in [-0.1, -0.05) is 19.9 Å². The zero-order chi connectivity index (χ0) is 9.14. The first-order chi connectivity index (χ1) is 5.61. The van der Waals surface area contributed by atoms with E-state index >= 15 is 0 Å². The van der Waals surface area contributed by atoms with E-state index < -0.39 is 0 Å². The second-order valence-electron chi connectivity index (χ2n) is 3.91. The number of hydrogen-bond acceptors (Lipinski definition) is 0. The van der Waals surface area contributed by atoms with Crippen molar-refractivity contribution in [3.05, 3.63) is 23.0 Å². The van der Waals surface area contributed by atoms with Crippen LogP contribution in [0.15, 0.2) is 23.0 Å². The first-order valence-corrected chi connectivity index (χ1v) is 4.66. The highest BCUT2D eigenvalue weighted by atomic mass is 19.1. The molecule has 0 unspecified atom stereocenters. The number of halogens is 1. The highest BCUT2D eigenvalue weighted by molar-refractivity contribution is 5.34. The Morgan fingerprint density at radius 2 is 2.17 bits per heavy atom. The normalized spacial score (nSPS) is 18.6. The average molecular weight is 168 g/mol. The summed E-state index contributed by atoms with van der Waals surface area (Å²) in [6.07, 6.45) is 4.51. The number of allylic oxidation sites excluding steroid dienone is 4. The molecular weight excluding hydrogens is 151 g/mol. The lowest BCUT2D eigenvalue weighted by Crippen LogP contribution is -2.00. The summed E-state index contributed by atoms with van der Waals surface area (Å²) >= 11 is 0. The fourth-order valence-corrected chi connectivity index (χ4v) is 1.58. The van der Waals surface area contributed by atoms with Gasteiger partial charge in [-0.25, -0.2) is 4.39 Å². The van der Waals surface area contributed by atoms with Crippen molar-refractivity contribution in [3.8, 4) is 0 Å². The monoisotopic (exact) mass is 168 g/mol. The molecule has 1 aliphatic rings. The molecule has 0 saturated carbocycles. The SMILES string of the molecule is CC1=CCCC(F)=C1CC(C)C. The van der Waals surface area contributed by atoms with Crippen molar-refractivity contribution in [2.75, 3.05) is 0 Å². The quantitative estimate of drug-likeness (QED) is 0.584. The molecule has 0 nitrogen and oxygen atoms in total. The molecule has 68 valence electrons. The number of rotatable bonds is 2. The first-order valence-electron chi connectivity index (χ1n) is 4.66. The summed E-state index contributed by atoms with van der Waals surface area (Å²) in [6.45, 7) is 6.26. The molecule has 1 heteroatoms. The molecule has 0 spiro atoms. The van der Waals surface area contributed by atoms with Gasteiger partial charge in [0.15, 0.2) is 0 Å². The van der Waals surface area contributed by atoms with Crippen LogP contribution in [0, 0.1) is 5.92 Å². The van der Waals surface area contributed by atoms with Crippen LogP contribution < -0.4 is 0 Å². The molecule has 0 aromatic rings. The van der Waals surface area contributed by atoms with Crippen LogP contribution in [0.3, 0.4) is 0 Å². The van der Waals surface area contributed by atoms with E-state index in [1.54, 1.807) is 0 Å². The van der Waals surface area contributed by atoms with Crippen molar-refractivity contribution in [3.63, 3.8) is 0 Å². The minimum Gasteiger partial charge on any atom is -0.212 e. The van der Waals surface area contributed by atoms with Crippen LogP contribution in [0.5, 0.6) is 0 Å². The van der Waals surface area contributed by atoms with Gasteiger partial charge in [-0.05, 0) is 36.8 Å². The Morgan fingerprint density at radius 1 is 1.50 bits per heavy atom. The van der Waals surface area contributed by atoms with E-state index in [1.807, 2.05) is 6.92 Å². The van der Waals surface area contributed by atoms with Crippen molar-refractivity contribution in [2.45, 2.75) is 40.0 Å². The lowest BCUT2D eigenvalue weighted by Gasteiger charge is -2.16. The maximum absolute atomic E-state index is 13.3. The van der Waals surface area contributed by atoms with Gasteiger partial charge in [0, 0.05) is 6.42 Å². The fraction of sp³-hybridized carbons (Fsp3) is 0.636. The van der Waals surface area contributed by atoms with Crippen LogP contribution in [0.2, 0.25) is 0 Å². The molecule has 0 fully saturated rings. The van der Waals surface area contributed by atoms with Gasteiger partial charge in [-0.2, -0.15) is 0 Å². The molecule has 0 heterocycles. The van der Waals surface area contributed by atoms with Crippen molar-refractivity contribution in [2.24, 2.45) is 5.92 Å². The third-order valence-corrected chi connectivity index (χ3v) is 2.23. The van der Waals surface area contributed by atoms with Crippen LogP contribution in [0.25, 0.3) is 0 Å². The summed E-state index contributed by atoms with van der Waals surface area (Å²) in [5.74, 6) is 0.663. The van der Waals surface area contributed by atoms with E-state index in [0.717, 1.165) is 24.0 Å². The second kappa shape index (κ2) is 3.88. The van der Waals surface area contributed by atoms with Gasteiger partial charge in [0.05, 0.1) is 0 Å². The minimum absolute atomic E-state index is 0.115. The van der Waals surface area contributed by atoms with Crippen molar-refractivity contribution in [1.29, 1.82) is 0 Å². The van der Waals surface area contributed by atoms with E-state index in [1.165, 1.54) is 0 Å². The Bertz CT molecular complexity index is 221. The molecule has 12 heavy (non-hydrogen) atoms. The molecule has 0 amide bonds. The maximum atomic E-state index is 13.3. The molecule has 0 N–H and O–H groups in total. The Hall–Kier alpha value is -0.590. The van der Waals surface area contributed by atoms with Gasteiger partial charge in [0.1, 0.15) is 5.83 Å². The average Bonchev–Trinajstić information content (AvgIpc) is 1.97. The van der Waals surface area contributed by atoms with E-state index in [2.05, 4.69) is 19.9 Å². The van der Waals surface area contributed by atoms with Gasteiger partial charge in [0.2, 0.25) is 0 Å². The van der Waals surface area contributed by atoms with E-state index in [4.69, 9.17) is 0 Å². The second-order valence-corrected chi connectivity index (χ2v) is 3.91. The smallest absolute Gasteiger partial charge is 0.104 e. The summed E-state index contributed by atoms with van der Waals surface area (Å²) in [5.41, 5.74) is 2.10. The Kier molecular flexibility index (Phi) is 3.07. The molecule has 0 bridgehead atoms. The Labute approximate surface area is 74.2 Å². The molecule has 0 aliphatic heterocycles. The van der Waals surface area contributed by atoms with E-state index in [-0.39, 0.29) is 5.83 Å². The molecule has 0 saturated heterocycles. The van der Waals surface area contributed by atoms with Crippen molar-refractivity contribution in [1.82, 2.24) is 0 Å². The van der Waals surface area contributed by atoms with Crippen LogP contribution >= 0.6 is 0 Å². The highest BCUT2D eigenvalue weighted by Gasteiger charge is 2.13. The largest absolute Gasteiger partial charge is 0.212 e. The fourth-order valence-electron chi connectivity index (χ4n) is 1.58. The van der Waals surface area contributed by atoms with Crippen LogP contribution in [0.1, 0.15) is 40.0 Å². The van der Waals surface area contributed by atoms with Crippen LogP contribution in [-0.2, 0) is 0 Å². The van der Waals surface area contributed by atoms with Gasteiger partial charge in [0.25, 0.3) is 0 Å². The molecular formula is C11H17F. The highest BCUT2D eigenvalue weighted by Crippen LogP contribution is 2.30. The molecule has 1 rings (SSSR count). The molecule has 0 aromatic heterocycles. The van der Waals surface area contributed by atoms with Gasteiger partial charge in [-0.3, -0.25) is 0 Å². The predicted molar refractivity (Wildman–Crippen MR) is 50.6 cm³/mol. The molecule has 0 aromatic carbocycles. The maximum Gasteiger partial charge on any atom is 0.104 e. The van der Waals surface area contributed by atoms with Crippen molar-refractivity contribution >= 4 is 0 Å². The first kappa shape index (κ1) is 9.50. The third-order valence-electron chi connectivity index (χ3n) is 2.23. The van der Waals surface area contributed by atoms with Gasteiger partial charge < -0.3 is 0 Å². The number of hydrogen-bond donors (Lipinski definition) is 0. The minimum atomic E-state index is 0.115. The molecule has 0 radical (unpaired) electrons. The Balaban J connectivity index is 2.76. The Morgan fingerprint density at radius 3 is 2.67 bits per heavy atom. The third kappa shape index (κ3) is 2.20. The predicted octanol–water partition coefficient (Wildman–Crippen LogP) is 4.00. The van der Waals surface area contributed by atoms with Crippen LogP contribution in [-0.4, -0.2) is 0 Å². The lowest BCUT2D eigenvalue weighted by molar-refractivity contribution is 0.545. The van der Waals surface area contributed by atoms with E-state index in [9.17, 15) is 4.39 Å². The topological polar surface area (TPSA) is 0 Å². The zero-order valence-corrected chi connectivity index (χ0v) is 8.15. The zero-order valence-electron chi connectivity index (χ0n) is 8.15. The summed E-state index contributed by atoms with van der Waals surface area (Å²) in [7, 11) is 0. The standard InChI is InChI=1S/C11H17F/c1-8(2)7-10-9(3)5-4-6-11(10)12/h5,8H,4,6-7H2,1-3H3. The van der Waals surface area contributed by atoms with E-state index in [0.29, 0.717) is 12.3 Å². The summed E-state index contributed by atoms with van der Waals surface area (Å²) in [5, 5.41) is 0. The van der Waals surface area contributed by atoms with Crippen molar-refractivity contribution < 1.29 is 4.39 Å². The van der Waals surface area contributed by atoms with Crippen LogP contribution in [0.4, 0.5) is 4.39 Å². The van der Waals surface area contributed by atoms with Gasteiger partial charge >= 0.3 is 0 Å². The summed E-state index contributed by atoms with van der Waals surface area (Å²) in [4.78, 5) is 0. The lowest BCUT2D eigenvalue weighted by atomic mass is 9.91. The van der Waals surface area contributed by atoms with Gasteiger partial charge in [-0.15, -0.1) is 0 Å². The molecule has 1 aliphatic carbocycles. The summed E-state index contributed by atoms with van der Waals surface area (Å²) in [6, 6.07) is 0.